The maximum Gasteiger partial charge on any atom is 0.346 e. The number of halogens is 2. The largest absolute Gasteiger partial charge is 0.469 e. The number of esters is 1. The van der Waals surface area contributed by atoms with Crippen molar-refractivity contribution >= 4 is 5.97 Å². The summed E-state index contributed by atoms with van der Waals surface area (Å²) in [4.78, 5) is 23.6. The lowest BCUT2D eigenvalue weighted by atomic mass is 10.1. The Morgan fingerprint density at radius 1 is 1.35 bits per heavy atom. The van der Waals surface area contributed by atoms with E-state index in [0.29, 0.717) is 18.7 Å². The van der Waals surface area contributed by atoms with Crippen LogP contribution in [0.25, 0.3) is 0 Å². The van der Waals surface area contributed by atoms with Crippen molar-refractivity contribution in [1.82, 2.24) is 14.3 Å². The zero-order valence-electron chi connectivity index (χ0n) is 14.5. The molecule has 1 aromatic heterocycles. The molecule has 140 valence electrons. The molecular weight excluding hydrogens is 344 g/mol. The number of hydrogen-bond acceptors (Lipinski definition) is 4. The lowest BCUT2D eigenvalue weighted by Gasteiger charge is -2.15. The third kappa shape index (κ3) is 4.07. The molecule has 1 aromatic carbocycles. The van der Waals surface area contributed by atoms with Crippen molar-refractivity contribution in [3.8, 4) is 0 Å². The van der Waals surface area contributed by atoms with E-state index in [1.165, 1.54) is 4.57 Å². The fourth-order valence-corrected chi connectivity index (χ4v) is 3.00. The van der Waals surface area contributed by atoms with Gasteiger partial charge in [-0.1, -0.05) is 30.3 Å². The maximum atomic E-state index is 13.9. The van der Waals surface area contributed by atoms with E-state index < -0.39 is 30.5 Å². The Morgan fingerprint density at radius 2 is 2.00 bits per heavy atom. The highest BCUT2D eigenvalue weighted by atomic mass is 19.3. The summed E-state index contributed by atoms with van der Waals surface area (Å²) in [5.41, 5.74) is 0.361. The molecule has 0 fully saturated rings. The number of carbonyl (C=O) groups is 1. The molecule has 0 N–H and O–H groups in total. The summed E-state index contributed by atoms with van der Waals surface area (Å²) in [6, 6.07) is 9.21. The molecule has 1 unspecified atom stereocenters. The van der Waals surface area contributed by atoms with E-state index in [0.717, 1.165) is 17.4 Å². The Balaban J connectivity index is 0.00000117. The molecule has 0 amide bonds. The van der Waals surface area contributed by atoms with Crippen molar-refractivity contribution in [2.24, 2.45) is 0 Å². The summed E-state index contributed by atoms with van der Waals surface area (Å²) in [5.74, 6) is -3.93. The van der Waals surface area contributed by atoms with Gasteiger partial charge in [0, 0.05) is 6.42 Å². The van der Waals surface area contributed by atoms with Crippen LogP contribution in [-0.2, 0) is 22.5 Å². The lowest BCUT2D eigenvalue weighted by Crippen LogP contribution is -2.35. The molecule has 0 saturated heterocycles. The first-order valence-electron chi connectivity index (χ1n) is 8.09. The fourth-order valence-electron chi connectivity index (χ4n) is 3.00. The highest BCUT2D eigenvalue weighted by Crippen LogP contribution is 2.29. The van der Waals surface area contributed by atoms with Crippen LogP contribution < -0.4 is 5.69 Å². The molecule has 0 saturated carbocycles. The van der Waals surface area contributed by atoms with Gasteiger partial charge in [-0.05, 0) is 12.0 Å². The zero-order chi connectivity index (χ0) is 19.3. The van der Waals surface area contributed by atoms with Crippen molar-refractivity contribution in [1.29, 1.82) is 0 Å². The van der Waals surface area contributed by atoms with Crippen molar-refractivity contribution in [2.45, 2.75) is 37.8 Å². The van der Waals surface area contributed by atoms with E-state index in [9.17, 15) is 18.4 Å². The van der Waals surface area contributed by atoms with Gasteiger partial charge in [-0.2, -0.15) is 5.10 Å². The second kappa shape index (κ2) is 8.07. The topological polar surface area (TPSA) is 66.1 Å². The number of hydrogen-bond donors (Lipinski definition) is 0. The number of rotatable bonds is 5. The number of ether oxygens (including phenoxy) is 1. The number of aryl methyl sites for hydroxylation is 1. The minimum absolute atomic E-state index is 0.198. The second-order valence-electron chi connectivity index (χ2n) is 5.80. The first kappa shape index (κ1) is 19.6. The number of nitrogens with zero attached hydrogens (tertiary/aromatic N) is 3. The van der Waals surface area contributed by atoms with Crippen LogP contribution in [0.15, 0.2) is 48.3 Å². The molecule has 1 aliphatic rings. The molecule has 1 atom stereocenters. The van der Waals surface area contributed by atoms with Crippen LogP contribution in [0.4, 0.5) is 8.78 Å². The van der Waals surface area contributed by atoms with Gasteiger partial charge in [-0.15, -0.1) is 13.2 Å². The van der Waals surface area contributed by atoms with Crippen LogP contribution in [0, 0.1) is 0 Å². The second-order valence-corrected chi connectivity index (χ2v) is 5.80. The molecule has 26 heavy (non-hydrogen) atoms. The lowest BCUT2D eigenvalue weighted by molar-refractivity contribution is -0.149. The molecule has 1 aliphatic heterocycles. The number of alkyl halides is 2. The summed E-state index contributed by atoms with van der Waals surface area (Å²) >= 11 is 0. The summed E-state index contributed by atoms with van der Waals surface area (Å²) in [7, 11) is 1.04. The quantitative estimate of drug-likeness (QED) is 0.603. The van der Waals surface area contributed by atoms with Crippen molar-refractivity contribution in [3.05, 3.63) is 65.4 Å². The predicted octanol–water partition coefficient (Wildman–Crippen LogP) is 2.58. The molecule has 8 heteroatoms. The van der Waals surface area contributed by atoms with E-state index in [1.807, 2.05) is 30.3 Å². The molecular formula is C18H21F2N3O3. The van der Waals surface area contributed by atoms with E-state index in [1.54, 1.807) is 0 Å². The van der Waals surface area contributed by atoms with Gasteiger partial charge in [0.05, 0.1) is 13.2 Å². The number of aromatic nitrogens is 3. The Kier molecular flexibility index (Phi) is 6.07. The molecule has 2 aromatic rings. The number of fused-ring (bicyclic) bond motifs is 1. The Bertz CT molecular complexity index is 815. The van der Waals surface area contributed by atoms with E-state index in [4.69, 9.17) is 0 Å². The summed E-state index contributed by atoms with van der Waals surface area (Å²) in [5, 5.41) is 4.02. The van der Waals surface area contributed by atoms with Crippen molar-refractivity contribution < 1.29 is 18.3 Å². The molecule has 0 spiro atoms. The van der Waals surface area contributed by atoms with Gasteiger partial charge in [0.1, 0.15) is 18.8 Å². The van der Waals surface area contributed by atoms with Crippen LogP contribution in [0.3, 0.4) is 0 Å². The van der Waals surface area contributed by atoms with Gasteiger partial charge in [0.25, 0.3) is 5.92 Å². The van der Waals surface area contributed by atoms with Gasteiger partial charge in [0.15, 0.2) is 0 Å². The Labute approximate surface area is 149 Å². The first-order chi connectivity index (χ1) is 12.4. The molecule has 3 rings (SSSR count). The molecule has 0 bridgehead atoms. The SMILES string of the molecule is C=C.COC(=O)CC(F)(F)Cn1nc2n(c1=O)C(c1ccccc1)CC2. The number of methoxy groups -OCH3 is 1. The van der Waals surface area contributed by atoms with Gasteiger partial charge in [-0.25, -0.2) is 18.3 Å². The van der Waals surface area contributed by atoms with E-state index >= 15 is 0 Å². The number of benzene rings is 1. The minimum atomic E-state index is -3.39. The van der Waals surface area contributed by atoms with Crippen molar-refractivity contribution in [3.63, 3.8) is 0 Å². The Hall–Kier alpha value is -2.77. The molecule has 2 heterocycles. The van der Waals surface area contributed by atoms with E-state index in [-0.39, 0.29) is 6.04 Å². The monoisotopic (exact) mass is 365 g/mol. The van der Waals surface area contributed by atoms with Crippen LogP contribution >= 0.6 is 0 Å². The predicted molar refractivity (Wildman–Crippen MR) is 92.2 cm³/mol. The molecule has 0 radical (unpaired) electrons. The highest BCUT2D eigenvalue weighted by Gasteiger charge is 2.37. The van der Waals surface area contributed by atoms with Crippen LogP contribution in [-0.4, -0.2) is 33.3 Å². The minimum Gasteiger partial charge on any atom is -0.469 e. The maximum absolute atomic E-state index is 13.9. The third-order valence-electron chi connectivity index (χ3n) is 4.09. The molecule has 6 nitrogen and oxygen atoms in total. The normalized spacial score (nSPS) is 15.7. The van der Waals surface area contributed by atoms with Crippen LogP contribution in [0.5, 0.6) is 0 Å². The van der Waals surface area contributed by atoms with Gasteiger partial charge in [0.2, 0.25) is 0 Å². The smallest absolute Gasteiger partial charge is 0.346 e. The summed E-state index contributed by atoms with van der Waals surface area (Å²) < 4.78 is 34.3. The van der Waals surface area contributed by atoms with Crippen LogP contribution in [0.2, 0.25) is 0 Å². The molecule has 0 aliphatic carbocycles. The highest BCUT2D eigenvalue weighted by molar-refractivity contribution is 5.70. The summed E-state index contributed by atoms with van der Waals surface area (Å²) in [6.45, 7) is 5.06. The fraction of sp³-hybridized carbons (Fsp3) is 0.389. The van der Waals surface area contributed by atoms with Crippen molar-refractivity contribution in [2.75, 3.05) is 7.11 Å². The van der Waals surface area contributed by atoms with Gasteiger partial charge < -0.3 is 4.74 Å². The van der Waals surface area contributed by atoms with E-state index in [2.05, 4.69) is 23.0 Å². The standard InChI is InChI=1S/C16H17F2N3O3.C2H4/c1-24-14(22)9-16(17,18)10-20-15(23)21-12(7-8-13(21)19-20)11-5-3-2-4-6-11;1-2/h2-6,12H,7-10H2,1H3;1-2H2. The number of carbonyl (C=O) groups excluding carboxylic acids is 1. The average Bonchev–Trinajstić information content (AvgIpc) is 3.17. The van der Waals surface area contributed by atoms with Crippen LogP contribution in [0.1, 0.15) is 30.3 Å². The third-order valence-corrected chi connectivity index (χ3v) is 4.09. The Morgan fingerprint density at radius 3 is 2.62 bits per heavy atom. The average molecular weight is 365 g/mol. The summed E-state index contributed by atoms with van der Waals surface area (Å²) in [6.07, 6.45) is 0.172. The first-order valence-corrected chi connectivity index (χ1v) is 8.09. The zero-order valence-corrected chi connectivity index (χ0v) is 14.5. The van der Waals surface area contributed by atoms with Gasteiger partial charge in [-0.3, -0.25) is 9.36 Å². The van der Waals surface area contributed by atoms with Gasteiger partial charge >= 0.3 is 11.7 Å².